The van der Waals surface area contributed by atoms with E-state index in [1.807, 2.05) is 43.3 Å². The Balaban J connectivity index is 1.75. The molecule has 1 N–H and O–H groups in total. The molecule has 3 aromatic rings. The van der Waals surface area contributed by atoms with Crippen LogP contribution in [0.2, 0.25) is 5.02 Å². The Labute approximate surface area is 173 Å². The summed E-state index contributed by atoms with van der Waals surface area (Å²) in [7, 11) is 0. The Kier molecular flexibility index (Phi) is 6.51. The van der Waals surface area contributed by atoms with Gasteiger partial charge >= 0.3 is 5.97 Å². The molecule has 0 fully saturated rings. The highest BCUT2D eigenvalue weighted by molar-refractivity contribution is 6.33. The molecule has 1 amide bonds. The molecule has 0 saturated heterocycles. The molecule has 8 heteroatoms. The first-order chi connectivity index (χ1) is 14.0. The van der Waals surface area contributed by atoms with E-state index in [1.165, 1.54) is 10.9 Å². The normalized spacial score (nSPS) is 10.4. The molecule has 0 aliphatic carbocycles. The van der Waals surface area contributed by atoms with Crippen LogP contribution in [0.15, 0.2) is 54.7 Å². The van der Waals surface area contributed by atoms with Gasteiger partial charge in [0.15, 0.2) is 12.4 Å². The Morgan fingerprint density at radius 3 is 2.62 bits per heavy atom. The van der Waals surface area contributed by atoms with Crippen LogP contribution in [-0.2, 0) is 9.53 Å². The lowest BCUT2D eigenvalue weighted by molar-refractivity contribution is -0.118. The molecule has 0 aliphatic heterocycles. The number of carbonyl (C=O) groups is 2. The van der Waals surface area contributed by atoms with Gasteiger partial charge in [-0.25, -0.2) is 9.48 Å². The maximum absolute atomic E-state index is 12.3. The van der Waals surface area contributed by atoms with E-state index in [2.05, 4.69) is 10.4 Å². The summed E-state index contributed by atoms with van der Waals surface area (Å²) in [5, 5.41) is 7.36. The summed E-state index contributed by atoms with van der Waals surface area (Å²) in [6.07, 6.45) is 1.54. The fourth-order valence-electron chi connectivity index (χ4n) is 2.57. The number of nitrogens with zero attached hydrogens (tertiary/aromatic N) is 2. The van der Waals surface area contributed by atoms with E-state index in [1.54, 1.807) is 19.1 Å². The molecule has 0 bridgehead atoms. The minimum Gasteiger partial charge on any atom is -0.480 e. The minimum atomic E-state index is -0.626. The lowest BCUT2D eigenvalue weighted by atomic mass is 10.2. The van der Waals surface area contributed by atoms with Crippen molar-refractivity contribution in [1.82, 2.24) is 9.78 Å². The van der Waals surface area contributed by atoms with Crippen LogP contribution in [0.1, 0.15) is 23.0 Å². The van der Waals surface area contributed by atoms with Gasteiger partial charge < -0.3 is 14.8 Å². The zero-order valence-electron chi connectivity index (χ0n) is 16.0. The van der Waals surface area contributed by atoms with E-state index >= 15 is 0 Å². The van der Waals surface area contributed by atoms with Crippen LogP contribution in [0.5, 0.6) is 5.75 Å². The van der Waals surface area contributed by atoms with Crippen LogP contribution in [-0.4, -0.2) is 34.9 Å². The number of hydrogen-bond acceptors (Lipinski definition) is 5. The van der Waals surface area contributed by atoms with Gasteiger partial charge in [-0.05, 0) is 43.7 Å². The molecule has 0 unspecified atom stereocenters. The fourth-order valence-corrected chi connectivity index (χ4v) is 2.85. The van der Waals surface area contributed by atoms with Crippen molar-refractivity contribution >= 4 is 29.2 Å². The van der Waals surface area contributed by atoms with Crippen LogP contribution in [0, 0.1) is 6.92 Å². The van der Waals surface area contributed by atoms with Crippen LogP contribution >= 0.6 is 11.6 Å². The lowest BCUT2D eigenvalue weighted by Crippen LogP contribution is -2.21. The molecule has 2 aromatic carbocycles. The van der Waals surface area contributed by atoms with Gasteiger partial charge in [0, 0.05) is 0 Å². The second kappa shape index (κ2) is 9.25. The number of hydrogen-bond donors (Lipinski definition) is 1. The van der Waals surface area contributed by atoms with Crippen molar-refractivity contribution in [3.8, 4) is 11.4 Å². The largest absolute Gasteiger partial charge is 0.480 e. The van der Waals surface area contributed by atoms with E-state index in [4.69, 9.17) is 21.1 Å². The number of ether oxygens (including phenoxy) is 2. The maximum atomic E-state index is 12.3. The molecule has 1 heterocycles. The number of amides is 1. The number of benzene rings is 2. The molecule has 1 aromatic heterocycles. The quantitative estimate of drug-likeness (QED) is 0.591. The summed E-state index contributed by atoms with van der Waals surface area (Å²) < 4.78 is 12.1. The number of esters is 1. The Morgan fingerprint density at radius 1 is 1.17 bits per heavy atom. The van der Waals surface area contributed by atoms with Gasteiger partial charge in [-0.15, -0.1) is 0 Å². The van der Waals surface area contributed by atoms with E-state index in [0.717, 1.165) is 11.3 Å². The van der Waals surface area contributed by atoms with Crippen molar-refractivity contribution in [2.75, 3.05) is 18.5 Å². The third kappa shape index (κ3) is 5.14. The number of para-hydroxylation sites is 1. The van der Waals surface area contributed by atoms with Crippen molar-refractivity contribution in [3.63, 3.8) is 0 Å². The first kappa shape index (κ1) is 20.4. The summed E-state index contributed by atoms with van der Waals surface area (Å²) >= 11 is 6.13. The van der Waals surface area contributed by atoms with Crippen molar-refractivity contribution in [2.45, 2.75) is 13.8 Å². The van der Waals surface area contributed by atoms with Crippen molar-refractivity contribution < 1.29 is 19.1 Å². The smallest absolute Gasteiger partial charge is 0.362 e. The van der Waals surface area contributed by atoms with Gasteiger partial charge in [-0.1, -0.05) is 35.9 Å². The fraction of sp³-hybridized carbons (Fsp3) is 0.190. The Bertz CT molecular complexity index is 1020. The Hall–Kier alpha value is -3.32. The molecule has 7 nitrogen and oxygen atoms in total. The lowest BCUT2D eigenvalue weighted by Gasteiger charge is -2.09. The van der Waals surface area contributed by atoms with Crippen LogP contribution in [0.4, 0.5) is 5.69 Å². The number of carbonyl (C=O) groups excluding carboxylic acids is 2. The summed E-state index contributed by atoms with van der Waals surface area (Å²) in [6.45, 7) is 3.48. The predicted octanol–water partition coefficient (Wildman–Crippen LogP) is 4.03. The van der Waals surface area contributed by atoms with Crippen molar-refractivity contribution in [3.05, 3.63) is 71.0 Å². The van der Waals surface area contributed by atoms with Gasteiger partial charge in [-0.2, -0.15) is 5.10 Å². The monoisotopic (exact) mass is 413 g/mol. The van der Waals surface area contributed by atoms with Crippen LogP contribution < -0.4 is 10.1 Å². The summed E-state index contributed by atoms with van der Waals surface area (Å²) in [4.78, 5) is 24.5. The number of anilines is 1. The predicted molar refractivity (Wildman–Crippen MR) is 110 cm³/mol. The summed E-state index contributed by atoms with van der Waals surface area (Å²) in [6, 6.07) is 14.5. The van der Waals surface area contributed by atoms with Crippen molar-refractivity contribution in [2.24, 2.45) is 0 Å². The SMILES string of the molecule is CCOC(=O)c1nn(-c2ccccc2)cc1OCC(=O)Nc1ccc(C)cc1Cl. The van der Waals surface area contributed by atoms with Gasteiger partial charge in [0.25, 0.3) is 5.91 Å². The van der Waals surface area contributed by atoms with Crippen LogP contribution in [0.3, 0.4) is 0 Å². The molecule has 0 aliphatic rings. The first-order valence-corrected chi connectivity index (χ1v) is 9.36. The number of rotatable bonds is 7. The molecular formula is C21H20ClN3O4. The molecule has 0 spiro atoms. The first-order valence-electron chi connectivity index (χ1n) is 8.99. The highest BCUT2D eigenvalue weighted by Crippen LogP contribution is 2.23. The minimum absolute atomic E-state index is 0.00290. The Morgan fingerprint density at radius 2 is 1.93 bits per heavy atom. The molecule has 29 heavy (non-hydrogen) atoms. The summed E-state index contributed by atoms with van der Waals surface area (Å²) in [5.74, 6) is -0.894. The standard InChI is InChI=1S/C21H20ClN3O4/c1-3-28-21(27)20-18(12-25(24-20)15-7-5-4-6-8-15)29-13-19(26)23-17-10-9-14(2)11-16(17)22/h4-12H,3,13H2,1-2H3,(H,23,26). The molecule has 150 valence electrons. The number of aromatic nitrogens is 2. The van der Waals surface area contributed by atoms with E-state index in [-0.39, 0.29) is 24.7 Å². The average Bonchev–Trinajstić information content (AvgIpc) is 3.14. The number of aryl methyl sites for hydroxylation is 1. The topological polar surface area (TPSA) is 82.4 Å². The molecule has 3 rings (SSSR count). The highest BCUT2D eigenvalue weighted by Gasteiger charge is 2.21. The van der Waals surface area contributed by atoms with Gasteiger partial charge in [0.05, 0.1) is 29.2 Å². The number of nitrogens with one attached hydrogen (secondary N) is 1. The third-order valence-corrected chi connectivity index (χ3v) is 4.24. The highest BCUT2D eigenvalue weighted by atomic mass is 35.5. The van der Waals surface area contributed by atoms with Gasteiger partial charge in [0.1, 0.15) is 0 Å². The van der Waals surface area contributed by atoms with E-state index in [0.29, 0.717) is 10.7 Å². The molecular weight excluding hydrogens is 394 g/mol. The van der Waals surface area contributed by atoms with E-state index in [9.17, 15) is 9.59 Å². The summed E-state index contributed by atoms with van der Waals surface area (Å²) in [5.41, 5.74) is 2.20. The van der Waals surface area contributed by atoms with Gasteiger partial charge in [-0.3, -0.25) is 4.79 Å². The number of halogens is 1. The molecule has 0 saturated carbocycles. The molecule has 0 atom stereocenters. The maximum Gasteiger partial charge on any atom is 0.362 e. The van der Waals surface area contributed by atoms with Gasteiger partial charge in [0.2, 0.25) is 5.69 Å². The van der Waals surface area contributed by atoms with Crippen LogP contribution in [0.25, 0.3) is 5.69 Å². The molecule has 0 radical (unpaired) electrons. The third-order valence-electron chi connectivity index (χ3n) is 3.93. The second-order valence-corrected chi connectivity index (χ2v) is 6.57. The zero-order chi connectivity index (χ0) is 20.8. The average molecular weight is 414 g/mol. The second-order valence-electron chi connectivity index (χ2n) is 6.16. The van der Waals surface area contributed by atoms with Crippen molar-refractivity contribution in [1.29, 1.82) is 0 Å². The van der Waals surface area contributed by atoms with E-state index < -0.39 is 11.9 Å². The zero-order valence-corrected chi connectivity index (χ0v) is 16.8.